The van der Waals surface area contributed by atoms with Gasteiger partial charge in [-0.15, -0.1) is 0 Å². The van der Waals surface area contributed by atoms with Gasteiger partial charge in [0.15, 0.2) is 5.54 Å². The van der Waals surface area contributed by atoms with Crippen molar-refractivity contribution in [3.8, 4) is 0 Å². The Morgan fingerprint density at radius 2 is 1.32 bits per heavy atom. The summed E-state index contributed by atoms with van der Waals surface area (Å²) in [6.45, 7) is 0. The van der Waals surface area contributed by atoms with E-state index in [0.717, 1.165) is 36.8 Å². The highest BCUT2D eigenvalue weighted by molar-refractivity contribution is 6.09. The Kier molecular flexibility index (Phi) is 4.02. The Morgan fingerprint density at radius 1 is 0.821 bits per heavy atom. The first kappa shape index (κ1) is 17.4. The molecule has 5 rings (SSSR count). The molecule has 2 aromatic carbocycles. The first-order chi connectivity index (χ1) is 13.6. The Bertz CT molecular complexity index is 845. The highest BCUT2D eigenvalue weighted by atomic mass is 16.2. The average molecular weight is 375 g/mol. The fraction of sp³-hybridized carbons (Fsp3) is 0.391. The minimum Gasteiger partial charge on any atom is -0.315 e. The standard InChI is InChI=1S/C23H25N3O2/c1-25-18-12-13-19(25)15-20(14-18)26-21(27)23(24-22(26)28,16-8-4-2-5-9-16)17-10-6-3-7-11-17/h2-11,18-20H,12-15H2,1H3,(H,24,28). The van der Waals surface area contributed by atoms with Crippen molar-refractivity contribution in [2.75, 3.05) is 7.05 Å². The first-order valence-corrected chi connectivity index (χ1v) is 10.1. The SMILES string of the molecule is CN1C2CCC1CC(N1C(=O)NC(c3ccccc3)(c3ccccc3)C1=O)C2. The zero-order valence-corrected chi connectivity index (χ0v) is 16.0. The number of imide groups is 1. The van der Waals surface area contributed by atoms with E-state index in [4.69, 9.17) is 0 Å². The second-order valence-corrected chi connectivity index (χ2v) is 8.26. The zero-order chi connectivity index (χ0) is 19.3. The molecular formula is C23H25N3O2. The monoisotopic (exact) mass is 375 g/mol. The molecule has 0 aromatic heterocycles. The molecule has 2 bridgehead atoms. The van der Waals surface area contributed by atoms with Crippen LogP contribution in [0.25, 0.3) is 0 Å². The molecule has 5 nitrogen and oxygen atoms in total. The van der Waals surface area contributed by atoms with E-state index in [2.05, 4.69) is 17.3 Å². The molecule has 0 spiro atoms. The van der Waals surface area contributed by atoms with Crippen molar-refractivity contribution < 1.29 is 9.59 Å². The maximum atomic E-state index is 13.9. The summed E-state index contributed by atoms with van der Waals surface area (Å²) in [4.78, 5) is 31.0. The molecule has 3 amide bonds. The number of hydrogen-bond acceptors (Lipinski definition) is 3. The van der Waals surface area contributed by atoms with Gasteiger partial charge in [-0.2, -0.15) is 0 Å². The molecular weight excluding hydrogens is 350 g/mol. The van der Waals surface area contributed by atoms with Gasteiger partial charge in [0.2, 0.25) is 0 Å². The molecule has 1 N–H and O–H groups in total. The van der Waals surface area contributed by atoms with Gasteiger partial charge in [0.05, 0.1) is 0 Å². The Labute approximate surface area is 165 Å². The topological polar surface area (TPSA) is 52.6 Å². The summed E-state index contributed by atoms with van der Waals surface area (Å²) in [5.41, 5.74) is 0.457. The Hall–Kier alpha value is -2.66. The van der Waals surface area contributed by atoms with E-state index in [0.29, 0.717) is 12.1 Å². The number of fused-ring (bicyclic) bond motifs is 2. The van der Waals surface area contributed by atoms with Crippen LogP contribution < -0.4 is 5.32 Å². The van der Waals surface area contributed by atoms with E-state index < -0.39 is 5.54 Å². The molecule has 0 saturated carbocycles. The molecule has 2 atom stereocenters. The number of urea groups is 1. The fourth-order valence-corrected chi connectivity index (χ4v) is 5.41. The van der Waals surface area contributed by atoms with Crippen LogP contribution in [-0.4, -0.2) is 46.9 Å². The van der Waals surface area contributed by atoms with Crippen molar-refractivity contribution in [1.82, 2.24) is 15.1 Å². The Balaban J connectivity index is 1.57. The smallest absolute Gasteiger partial charge is 0.315 e. The van der Waals surface area contributed by atoms with E-state index in [1.54, 1.807) is 0 Å². The van der Waals surface area contributed by atoms with E-state index in [9.17, 15) is 9.59 Å². The lowest BCUT2D eigenvalue weighted by atomic mass is 9.82. The highest BCUT2D eigenvalue weighted by Crippen LogP contribution is 2.41. The molecule has 3 aliphatic rings. The van der Waals surface area contributed by atoms with Crippen molar-refractivity contribution in [3.05, 3.63) is 71.8 Å². The molecule has 144 valence electrons. The van der Waals surface area contributed by atoms with Crippen LogP contribution in [0.5, 0.6) is 0 Å². The number of nitrogens with one attached hydrogen (secondary N) is 1. The van der Waals surface area contributed by atoms with Crippen LogP contribution in [0.1, 0.15) is 36.8 Å². The first-order valence-electron chi connectivity index (χ1n) is 10.1. The van der Waals surface area contributed by atoms with Crippen LogP contribution in [0.15, 0.2) is 60.7 Å². The van der Waals surface area contributed by atoms with Crippen molar-refractivity contribution in [3.63, 3.8) is 0 Å². The van der Waals surface area contributed by atoms with Crippen LogP contribution >= 0.6 is 0 Å². The van der Waals surface area contributed by atoms with Crippen LogP contribution in [0.3, 0.4) is 0 Å². The third kappa shape index (κ3) is 2.42. The van der Waals surface area contributed by atoms with Crippen molar-refractivity contribution in [2.24, 2.45) is 0 Å². The lowest BCUT2D eigenvalue weighted by molar-refractivity contribution is -0.132. The molecule has 3 fully saturated rings. The molecule has 2 unspecified atom stereocenters. The molecule has 28 heavy (non-hydrogen) atoms. The predicted octanol–water partition coefficient (Wildman–Crippen LogP) is 3.11. The minimum absolute atomic E-state index is 0.0319. The van der Waals surface area contributed by atoms with Crippen molar-refractivity contribution in [1.29, 1.82) is 0 Å². The van der Waals surface area contributed by atoms with Gasteiger partial charge < -0.3 is 10.2 Å². The van der Waals surface area contributed by atoms with Gasteiger partial charge in [-0.25, -0.2) is 4.79 Å². The summed E-state index contributed by atoms with van der Waals surface area (Å²) < 4.78 is 0. The third-order valence-electron chi connectivity index (χ3n) is 6.90. The fourth-order valence-electron chi connectivity index (χ4n) is 5.41. The zero-order valence-electron chi connectivity index (χ0n) is 16.0. The molecule has 3 heterocycles. The van der Waals surface area contributed by atoms with Crippen LogP contribution in [0, 0.1) is 0 Å². The van der Waals surface area contributed by atoms with E-state index in [-0.39, 0.29) is 18.0 Å². The summed E-state index contributed by atoms with van der Waals surface area (Å²) in [7, 11) is 2.17. The maximum absolute atomic E-state index is 13.9. The van der Waals surface area contributed by atoms with E-state index in [1.807, 2.05) is 60.7 Å². The number of nitrogens with zero attached hydrogens (tertiary/aromatic N) is 2. The molecule has 3 aliphatic heterocycles. The number of carbonyl (C=O) groups is 2. The minimum atomic E-state index is -1.15. The predicted molar refractivity (Wildman–Crippen MR) is 107 cm³/mol. The number of amides is 3. The maximum Gasteiger partial charge on any atom is 0.325 e. The van der Waals surface area contributed by atoms with Gasteiger partial charge in [0.25, 0.3) is 5.91 Å². The second-order valence-electron chi connectivity index (χ2n) is 8.26. The molecule has 2 aromatic rings. The highest BCUT2D eigenvalue weighted by Gasteiger charge is 2.56. The number of rotatable bonds is 3. The third-order valence-corrected chi connectivity index (χ3v) is 6.90. The van der Waals surface area contributed by atoms with Crippen molar-refractivity contribution >= 4 is 11.9 Å². The largest absolute Gasteiger partial charge is 0.325 e. The number of hydrogen-bond donors (Lipinski definition) is 1. The summed E-state index contributed by atoms with van der Waals surface area (Å²) in [5, 5.41) is 3.08. The lowest BCUT2D eigenvalue weighted by Crippen LogP contribution is -2.52. The lowest BCUT2D eigenvalue weighted by Gasteiger charge is -2.39. The van der Waals surface area contributed by atoms with Gasteiger partial charge in [0.1, 0.15) is 0 Å². The summed E-state index contributed by atoms with van der Waals surface area (Å²) >= 11 is 0. The summed E-state index contributed by atoms with van der Waals surface area (Å²) in [5.74, 6) is -0.149. The molecule has 0 aliphatic carbocycles. The van der Waals surface area contributed by atoms with Crippen LogP contribution in [0.2, 0.25) is 0 Å². The number of carbonyl (C=O) groups excluding carboxylic acids is 2. The van der Waals surface area contributed by atoms with Crippen LogP contribution in [-0.2, 0) is 10.3 Å². The number of benzene rings is 2. The van der Waals surface area contributed by atoms with E-state index in [1.165, 1.54) is 4.90 Å². The quantitative estimate of drug-likeness (QED) is 0.839. The normalized spacial score (nSPS) is 29.2. The summed E-state index contributed by atoms with van der Waals surface area (Å²) in [6.07, 6.45) is 4.05. The molecule has 0 radical (unpaired) electrons. The summed E-state index contributed by atoms with van der Waals surface area (Å²) in [6, 6.07) is 19.8. The molecule has 5 heteroatoms. The van der Waals surface area contributed by atoms with Gasteiger partial charge in [0, 0.05) is 18.1 Å². The van der Waals surface area contributed by atoms with E-state index >= 15 is 0 Å². The van der Waals surface area contributed by atoms with Crippen LogP contribution in [0.4, 0.5) is 4.79 Å². The number of piperidine rings is 1. The second kappa shape index (κ2) is 6.45. The van der Waals surface area contributed by atoms with Gasteiger partial charge in [-0.3, -0.25) is 9.69 Å². The Morgan fingerprint density at radius 3 is 1.82 bits per heavy atom. The van der Waals surface area contributed by atoms with Gasteiger partial charge in [-0.05, 0) is 43.9 Å². The van der Waals surface area contributed by atoms with Crippen molar-refractivity contribution in [2.45, 2.75) is 49.3 Å². The van der Waals surface area contributed by atoms with Gasteiger partial charge in [-0.1, -0.05) is 60.7 Å². The molecule has 3 saturated heterocycles. The average Bonchev–Trinajstić information content (AvgIpc) is 3.09. The van der Waals surface area contributed by atoms with Gasteiger partial charge >= 0.3 is 6.03 Å².